The summed E-state index contributed by atoms with van der Waals surface area (Å²) in [4.78, 5) is 18.9. The Morgan fingerprint density at radius 3 is 3.06 bits per heavy atom. The summed E-state index contributed by atoms with van der Waals surface area (Å²) >= 11 is 0. The highest BCUT2D eigenvalue weighted by Crippen LogP contribution is 2.35. The van der Waals surface area contributed by atoms with Crippen molar-refractivity contribution in [3.63, 3.8) is 0 Å². The predicted molar refractivity (Wildman–Crippen MR) is 69.4 cm³/mol. The van der Waals surface area contributed by atoms with Gasteiger partial charge < -0.3 is 10.7 Å². The SMILES string of the molecule is NCc1cc(=O)[nH]c(C2CCc3ccccc32)n1. The van der Waals surface area contributed by atoms with Gasteiger partial charge in [0.25, 0.3) is 5.56 Å². The van der Waals surface area contributed by atoms with Gasteiger partial charge in [0.15, 0.2) is 0 Å². The Bertz CT molecular complexity index is 633. The summed E-state index contributed by atoms with van der Waals surface area (Å²) in [6, 6.07) is 9.79. The number of hydrogen-bond acceptors (Lipinski definition) is 3. The average molecular weight is 241 g/mol. The van der Waals surface area contributed by atoms with Gasteiger partial charge in [0.05, 0.1) is 5.69 Å². The molecule has 1 aromatic carbocycles. The van der Waals surface area contributed by atoms with Crippen LogP contribution in [0.5, 0.6) is 0 Å². The Balaban J connectivity index is 2.07. The van der Waals surface area contributed by atoms with Crippen molar-refractivity contribution < 1.29 is 0 Å². The average Bonchev–Trinajstić information content (AvgIpc) is 2.81. The standard InChI is InChI=1S/C14H15N3O/c15-8-10-7-13(18)17-14(16-10)12-6-5-9-3-1-2-4-11(9)12/h1-4,7,12H,5-6,8,15H2,(H,16,17,18). The molecule has 1 atom stereocenters. The smallest absolute Gasteiger partial charge is 0.251 e. The minimum atomic E-state index is -0.121. The predicted octanol–water partition coefficient (Wildman–Crippen LogP) is 1.31. The van der Waals surface area contributed by atoms with Crippen molar-refractivity contribution in [2.75, 3.05) is 0 Å². The molecule has 1 aromatic heterocycles. The van der Waals surface area contributed by atoms with Crippen molar-refractivity contribution in [3.05, 3.63) is 63.3 Å². The molecule has 0 saturated carbocycles. The number of benzene rings is 1. The number of nitrogens with one attached hydrogen (secondary N) is 1. The number of nitrogens with zero attached hydrogens (tertiary/aromatic N) is 1. The lowest BCUT2D eigenvalue weighted by atomic mass is 10.0. The first-order chi connectivity index (χ1) is 8.78. The van der Waals surface area contributed by atoms with Crippen LogP contribution in [-0.4, -0.2) is 9.97 Å². The summed E-state index contributed by atoms with van der Waals surface area (Å²) < 4.78 is 0. The molecule has 1 unspecified atom stereocenters. The number of aromatic amines is 1. The van der Waals surface area contributed by atoms with E-state index >= 15 is 0 Å². The number of fused-ring (bicyclic) bond motifs is 1. The zero-order valence-electron chi connectivity index (χ0n) is 10.0. The molecule has 3 N–H and O–H groups in total. The fraction of sp³-hybridized carbons (Fsp3) is 0.286. The molecule has 0 radical (unpaired) electrons. The largest absolute Gasteiger partial charge is 0.325 e. The molecule has 4 heteroatoms. The van der Waals surface area contributed by atoms with Crippen LogP contribution in [0.25, 0.3) is 0 Å². The van der Waals surface area contributed by atoms with Gasteiger partial charge in [-0.3, -0.25) is 4.79 Å². The fourth-order valence-electron chi connectivity index (χ4n) is 2.64. The Labute approximate surface area is 105 Å². The van der Waals surface area contributed by atoms with Crippen molar-refractivity contribution in [3.8, 4) is 0 Å². The summed E-state index contributed by atoms with van der Waals surface area (Å²) in [6.45, 7) is 0.297. The van der Waals surface area contributed by atoms with Gasteiger partial charge in [-0.25, -0.2) is 4.98 Å². The number of H-pyrrole nitrogens is 1. The Hall–Kier alpha value is -1.94. The van der Waals surface area contributed by atoms with Crippen LogP contribution in [0.4, 0.5) is 0 Å². The van der Waals surface area contributed by atoms with E-state index in [0.717, 1.165) is 18.7 Å². The molecule has 0 fully saturated rings. The first-order valence-corrected chi connectivity index (χ1v) is 6.16. The zero-order valence-corrected chi connectivity index (χ0v) is 10.0. The van der Waals surface area contributed by atoms with Gasteiger partial charge in [0.1, 0.15) is 5.82 Å². The molecule has 1 heterocycles. The number of aryl methyl sites for hydroxylation is 1. The van der Waals surface area contributed by atoms with Crippen LogP contribution in [0, 0.1) is 0 Å². The first-order valence-electron chi connectivity index (χ1n) is 6.16. The Morgan fingerprint density at radius 2 is 2.22 bits per heavy atom. The van der Waals surface area contributed by atoms with Crippen LogP contribution < -0.4 is 11.3 Å². The monoisotopic (exact) mass is 241 g/mol. The molecule has 1 aliphatic carbocycles. The molecular formula is C14H15N3O. The third-order valence-electron chi connectivity index (χ3n) is 3.49. The first kappa shape index (κ1) is 11.2. The molecular weight excluding hydrogens is 226 g/mol. The lowest BCUT2D eigenvalue weighted by molar-refractivity contribution is 0.712. The van der Waals surface area contributed by atoms with Crippen molar-refractivity contribution in [2.24, 2.45) is 5.73 Å². The molecule has 18 heavy (non-hydrogen) atoms. The van der Waals surface area contributed by atoms with E-state index in [1.807, 2.05) is 12.1 Å². The molecule has 0 amide bonds. The van der Waals surface area contributed by atoms with Crippen LogP contribution in [-0.2, 0) is 13.0 Å². The quantitative estimate of drug-likeness (QED) is 0.832. The molecule has 2 aromatic rings. The van der Waals surface area contributed by atoms with E-state index in [4.69, 9.17) is 5.73 Å². The van der Waals surface area contributed by atoms with Crippen LogP contribution in [0.3, 0.4) is 0 Å². The second-order valence-electron chi connectivity index (χ2n) is 4.62. The van der Waals surface area contributed by atoms with Gasteiger partial charge in [0, 0.05) is 18.5 Å². The van der Waals surface area contributed by atoms with E-state index in [1.165, 1.54) is 17.2 Å². The van der Waals surface area contributed by atoms with E-state index in [1.54, 1.807) is 0 Å². The molecule has 0 spiro atoms. The van der Waals surface area contributed by atoms with E-state index in [9.17, 15) is 4.79 Å². The Morgan fingerprint density at radius 1 is 1.39 bits per heavy atom. The van der Waals surface area contributed by atoms with Gasteiger partial charge in [-0.1, -0.05) is 24.3 Å². The van der Waals surface area contributed by atoms with Gasteiger partial charge in [-0.05, 0) is 24.0 Å². The minimum Gasteiger partial charge on any atom is -0.325 e. The van der Waals surface area contributed by atoms with Gasteiger partial charge in [0.2, 0.25) is 0 Å². The lowest BCUT2D eigenvalue weighted by Gasteiger charge is -2.11. The molecule has 0 saturated heterocycles. The molecule has 92 valence electrons. The van der Waals surface area contributed by atoms with Crippen molar-refractivity contribution >= 4 is 0 Å². The summed E-state index contributed by atoms with van der Waals surface area (Å²) in [6.07, 6.45) is 2.04. The lowest BCUT2D eigenvalue weighted by Crippen LogP contribution is -2.17. The van der Waals surface area contributed by atoms with Gasteiger partial charge in [-0.15, -0.1) is 0 Å². The maximum atomic E-state index is 11.6. The molecule has 0 aliphatic heterocycles. The number of hydrogen-bond donors (Lipinski definition) is 2. The van der Waals surface area contributed by atoms with Crippen LogP contribution in [0.15, 0.2) is 35.1 Å². The number of rotatable bonds is 2. The topological polar surface area (TPSA) is 71.8 Å². The normalized spacial score (nSPS) is 17.7. The second kappa shape index (κ2) is 4.38. The number of nitrogens with two attached hydrogens (primary N) is 1. The summed E-state index contributed by atoms with van der Waals surface area (Å²) in [5.41, 5.74) is 8.72. The maximum absolute atomic E-state index is 11.6. The highest BCUT2D eigenvalue weighted by Gasteiger charge is 2.25. The van der Waals surface area contributed by atoms with E-state index < -0.39 is 0 Å². The second-order valence-corrected chi connectivity index (χ2v) is 4.62. The van der Waals surface area contributed by atoms with E-state index in [0.29, 0.717) is 12.2 Å². The highest BCUT2D eigenvalue weighted by molar-refractivity contribution is 5.38. The summed E-state index contributed by atoms with van der Waals surface area (Å²) in [5.74, 6) is 0.938. The van der Waals surface area contributed by atoms with E-state index in [2.05, 4.69) is 22.1 Å². The van der Waals surface area contributed by atoms with Crippen molar-refractivity contribution in [2.45, 2.75) is 25.3 Å². The molecule has 3 rings (SSSR count). The van der Waals surface area contributed by atoms with E-state index in [-0.39, 0.29) is 11.5 Å². The summed E-state index contributed by atoms with van der Waals surface area (Å²) in [7, 11) is 0. The zero-order chi connectivity index (χ0) is 12.5. The van der Waals surface area contributed by atoms with Gasteiger partial charge in [-0.2, -0.15) is 0 Å². The maximum Gasteiger partial charge on any atom is 0.251 e. The van der Waals surface area contributed by atoms with Crippen LogP contribution in [0.1, 0.15) is 35.0 Å². The van der Waals surface area contributed by atoms with Crippen molar-refractivity contribution in [1.29, 1.82) is 0 Å². The fourth-order valence-corrected chi connectivity index (χ4v) is 2.64. The van der Waals surface area contributed by atoms with Crippen molar-refractivity contribution in [1.82, 2.24) is 9.97 Å². The Kier molecular flexibility index (Phi) is 2.72. The molecule has 0 bridgehead atoms. The molecule has 4 nitrogen and oxygen atoms in total. The van der Waals surface area contributed by atoms with Gasteiger partial charge >= 0.3 is 0 Å². The third-order valence-corrected chi connectivity index (χ3v) is 3.49. The van der Waals surface area contributed by atoms with Crippen LogP contribution in [0.2, 0.25) is 0 Å². The third kappa shape index (κ3) is 1.84. The molecule has 1 aliphatic rings. The summed E-state index contributed by atoms with van der Waals surface area (Å²) in [5, 5.41) is 0. The number of aromatic nitrogens is 2. The highest BCUT2D eigenvalue weighted by atomic mass is 16.1. The minimum absolute atomic E-state index is 0.121. The van der Waals surface area contributed by atoms with Crippen LogP contribution >= 0.6 is 0 Å².